The number of nitrogens with one attached hydrogen (secondary N) is 1. The van der Waals surface area contributed by atoms with Gasteiger partial charge in [-0.2, -0.15) is 0 Å². The van der Waals surface area contributed by atoms with Gasteiger partial charge < -0.3 is 14.2 Å². The van der Waals surface area contributed by atoms with E-state index < -0.39 is 0 Å². The molecule has 2 aliphatic heterocycles. The Labute approximate surface area is 156 Å². The number of nitrogens with zero attached hydrogens (tertiary/aromatic N) is 3. The van der Waals surface area contributed by atoms with E-state index in [0.717, 1.165) is 35.7 Å². The second kappa shape index (κ2) is 7.67. The summed E-state index contributed by atoms with van der Waals surface area (Å²) in [6, 6.07) is 5.59. The second-order valence-corrected chi connectivity index (χ2v) is 7.69. The molecule has 0 spiro atoms. The van der Waals surface area contributed by atoms with Crippen molar-refractivity contribution in [2.24, 2.45) is 0 Å². The summed E-state index contributed by atoms with van der Waals surface area (Å²) in [5.74, 6) is 1.93. The maximum Gasteiger partial charge on any atom is 0.240 e. The first kappa shape index (κ1) is 17.4. The van der Waals surface area contributed by atoms with E-state index in [0.29, 0.717) is 31.6 Å². The number of hydrogen-bond acceptors (Lipinski definition) is 6. The molecule has 1 aromatic carbocycles. The average molecular weight is 374 g/mol. The lowest BCUT2D eigenvalue weighted by Crippen LogP contribution is -2.46. The minimum atomic E-state index is -0.0733. The van der Waals surface area contributed by atoms with Crippen molar-refractivity contribution in [1.29, 1.82) is 0 Å². The predicted molar refractivity (Wildman–Crippen MR) is 99.7 cm³/mol. The first-order valence-electron chi connectivity index (χ1n) is 8.90. The molecule has 2 amide bonds. The molecular formula is C18H22N4O3S. The molecule has 1 N–H and O–H groups in total. The second-order valence-electron chi connectivity index (χ2n) is 6.66. The van der Waals surface area contributed by atoms with E-state index >= 15 is 0 Å². The molecule has 4 rings (SSSR count). The number of hydrogen-bond donors (Lipinski definition) is 1. The topological polar surface area (TPSA) is 78.7 Å². The molecule has 2 aliphatic rings. The first-order valence-corrected chi connectivity index (χ1v) is 10.1. The zero-order valence-electron chi connectivity index (χ0n) is 14.5. The summed E-state index contributed by atoms with van der Waals surface area (Å²) in [5, 5.41) is 3.23. The molecule has 26 heavy (non-hydrogen) atoms. The Kier molecular flexibility index (Phi) is 5.12. The summed E-state index contributed by atoms with van der Waals surface area (Å²) in [6.45, 7) is 2.61. The van der Waals surface area contributed by atoms with Gasteiger partial charge in [0.2, 0.25) is 11.8 Å². The molecule has 0 radical (unpaired) electrons. The lowest BCUT2D eigenvalue weighted by atomic mass is 10.1. The Morgan fingerprint density at radius 3 is 2.92 bits per heavy atom. The number of rotatable bonds is 3. The van der Waals surface area contributed by atoms with E-state index in [1.165, 1.54) is 6.39 Å². The van der Waals surface area contributed by atoms with E-state index in [4.69, 9.17) is 4.42 Å². The number of carbonyl (C=O) groups is 2. The van der Waals surface area contributed by atoms with Crippen LogP contribution in [-0.2, 0) is 16.0 Å². The smallest absolute Gasteiger partial charge is 0.240 e. The van der Waals surface area contributed by atoms with Gasteiger partial charge in [0.1, 0.15) is 5.52 Å². The lowest BCUT2D eigenvalue weighted by Gasteiger charge is -2.24. The SMILES string of the molecule is O=C(Cc1ccc2ncoc2c1)N1CCCN(C(=O)C2CSCN2)CC1. The Morgan fingerprint density at radius 1 is 1.23 bits per heavy atom. The number of benzene rings is 1. The first-order chi connectivity index (χ1) is 12.7. The fourth-order valence-corrected chi connectivity index (χ4v) is 4.39. The zero-order chi connectivity index (χ0) is 17.9. The van der Waals surface area contributed by atoms with E-state index in [1.807, 2.05) is 28.0 Å². The van der Waals surface area contributed by atoms with Crippen molar-refractivity contribution in [1.82, 2.24) is 20.1 Å². The van der Waals surface area contributed by atoms with Crippen molar-refractivity contribution in [3.8, 4) is 0 Å². The summed E-state index contributed by atoms with van der Waals surface area (Å²) in [5.41, 5.74) is 2.41. The molecular weight excluding hydrogens is 352 g/mol. The summed E-state index contributed by atoms with van der Waals surface area (Å²) >= 11 is 1.75. The fraction of sp³-hybridized carbons (Fsp3) is 0.500. The van der Waals surface area contributed by atoms with Crippen LogP contribution in [-0.4, -0.2) is 70.4 Å². The van der Waals surface area contributed by atoms with Crippen molar-refractivity contribution in [2.75, 3.05) is 37.8 Å². The summed E-state index contributed by atoms with van der Waals surface area (Å²) in [7, 11) is 0. The van der Waals surface area contributed by atoms with Gasteiger partial charge in [-0.25, -0.2) is 4.98 Å². The van der Waals surface area contributed by atoms with E-state index in [-0.39, 0.29) is 17.9 Å². The van der Waals surface area contributed by atoms with Gasteiger partial charge in [-0.15, -0.1) is 11.8 Å². The quantitative estimate of drug-likeness (QED) is 0.867. The van der Waals surface area contributed by atoms with Gasteiger partial charge in [-0.1, -0.05) is 6.07 Å². The third-order valence-electron chi connectivity index (χ3n) is 4.93. The van der Waals surface area contributed by atoms with Crippen LogP contribution in [0.4, 0.5) is 0 Å². The molecule has 0 aliphatic carbocycles. The molecule has 1 unspecified atom stereocenters. The third-order valence-corrected chi connectivity index (χ3v) is 5.87. The number of fused-ring (bicyclic) bond motifs is 1. The van der Waals surface area contributed by atoms with Crippen LogP contribution in [0.3, 0.4) is 0 Å². The highest BCUT2D eigenvalue weighted by Gasteiger charge is 2.29. The summed E-state index contributed by atoms with van der Waals surface area (Å²) in [4.78, 5) is 33.1. The normalized spacial score (nSPS) is 21.2. The van der Waals surface area contributed by atoms with Crippen LogP contribution in [0, 0.1) is 0 Å². The molecule has 1 aromatic heterocycles. The van der Waals surface area contributed by atoms with Crippen molar-refractivity contribution < 1.29 is 14.0 Å². The Hall–Kier alpha value is -2.06. The summed E-state index contributed by atoms with van der Waals surface area (Å²) in [6.07, 6.45) is 2.57. The maximum absolute atomic E-state index is 12.7. The standard InChI is InChI=1S/C18H22N4O3S/c23-17(9-13-2-3-14-16(8-13)25-11-19-14)21-4-1-5-22(7-6-21)18(24)15-10-26-12-20-15/h2-3,8,11,15,20H,1,4-7,9-10,12H2. The molecule has 0 bridgehead atoms. The van der Waals surface area contributed by atoms with Crippen LogP contribution in [0.5, 0.6) is 0 Å². The van der Waals surface area contributed by atoms with Gasteiger partial charge in [-0.05, 0) is 24.1 Å². The van der Waals surface area contributed by atoms with Crippen LogP contribution in [0.2, 0.25) is 0 Å². The van der Waals surface area contributed by atoms with Crippen LogP contribution in [0.25, 0.3) is 11.1 Å². The van der Waals surface area contributed by atoms with E-state index in [2.05, 4.69) is 10.3 Å². The Bertz CT molecular complexity index is 803. The van der Waals surface area contributed by atoms with Gasteiger partial charge in [0.25, 0.3) is 0 Å². The van der Waals surface area contributed by atoms with Crippen molar-refractivity contribution in [2.45, 2.75) is 18.9 Å². The monoisotopic (exact) mass is 374 g/mol. The number of thioether (sulfide) groups is 1. The number of oxazole rings is 1. The minimum Gasteiger partial charge on any atom is -0.443 e. The molecule has 7 nitrogen and oxygen atoms in total. The molecule has 2 fully saturated rings. The Balaban J connectivity index is 1.35. The number of carbonyl (C=O) groups excluding carboxylic acids is 2. The molecule has 138 valence electrons. The highest BCUT2D eigenvalue weighted by atomic mass is 32.2. The minimum absolute atomic E-state index is 0.0733. The van der Waals surface area contributed by atoms with E-state index in [1.54, 1.807) is 11.8 Å². The van der Waals surface area contributed by atoms with Crippen molar-refractivity contribution in [3.05, 3.63) is 30.2 Å². The van der Waals surface area contributed by atoms with Gasteiger partial charge in [-0.3, -0.25) is 14.9 Å². The third kappa shape index (κ3) is 3.71. The van der Waals surface area contributed by atoms with Crippen LogP contribution in [0.1, 0.15) is 12.0 Å². The van der Waals surface area contributed by atoms with Gasteiger partial charge in [0, 0.05) is 37.8 Å². The number of amides is 2. The van der Waals surface area contributed by atoms with Crippen LogP contribution >= 0.6 is 11.8 Å². The molecule has 8 heteroatoms. The Morgan fingerprint density at radius 2 is 2.08 bits per heavy atom. The van der Waals surface area contributed by atoms with Gasteiger partial charge >= 0.3 is 0 Å². The predicted octanol–water partition coefficient (Wildman–Crippen LogP) is 1.09. The molecule has 3 heterocycles. The molecule has 0 saturated carbocycles. The highest BCUT2D eigenvalue weighted by Crippen LogP contribution is 2.17. The van der Waals surface area contributed by atoms with Crippen molar-refractivity contribution >= 4 is 34.7 Å². The van der Waals surface area contributed by atoms with E-state index in [9.17, 15) is 9.59 Å². The maximum atomic E-state index is 12.7. The number of aromatic nitrogens is 1. The van der Waals surface area contributed by atoms with Crippen molar-refractivity contribution in [3.63, 3.8) is 0 Å². The van der Waals surface area contributed by atoms with Gasteiger partial charge in [0.05, 0.1) is 12.5 Å². The molecule has 2 saturated heterocycles. The zero-order valence-corrected chi connectivity index (χ0v) is 15.3. The largest absolute Gasteiger partial charge is 0.443 e. The average Bonchev–Trinajstić information content (AvgIpc) is 3.28. The molecule has 1 atom stereocenters. The molecule has 2 aromatic rings. The summed E-state index contributed by atoms with van der Waals surface area (Å²) < 4.78 is 5.31. The fourth-order valence-electron chi connectivity index (χ4n) is 3.46. The van der Waals surface area contributed by atoms with Crippen LogP contribution < -0.4 is 5.32 Å². The van der Waals surface area contributed by atoms with Gasteiger partial charge in [0.15, 0.2) is 12.0 Å². The lowest BCUT2D eigenvalue weighted by molar-refractivity contribution is -0.134. The highest BCUT2D eigenvalue weighted by molar-refractivity contribution is 7.99. The van der Waals surface area contributed by atoms with Crippen LogP contribution in [0.15, 0.2) is 29.0 Å².